The molecule has 0 bridgehead atoms. The van der Waals surface area contributed by atoms with E-state index in [1.165, 1.54) is 48.8 Å². The number of aliphatic hydroxyl groups excluding tert-OH is 1. The zero-order valence-corrected chi connectivity index (χ0v) is 18.2. The lowest BCUT2D eigenvalue weighted by atomic mass is 10.1. The van der Waals surface area contributed by atoms with Crippen LogP contribution in [0.15, 0.2) is 29.2 Å². The predicted molar refractivity (Wildman–Crippen MR) is 117 cm³/mol. The fourth-order valence-electron chi connectivity index (χ4n) is 3.31. The van der Waals surface area contributed by atoms with Crippen LogP contribution in [0, 0.1) is 0 Å². The third-order valence-electron chi connectivity index (χ3n) is 4.83. The van der Waals surface area contributed by atoms with Crippen molar-refractivity contribution in [3.63, 3.8) is 0 Å². The predicted octanol–water partition coefficient (Wildman–Crippen LogP) is 5.29. The second-order valence-electron chi connectivity index (χ2n) is 7.02. The smallest absolute Gasteiger partial charge is 0.267 e. The number of amides is 2. The zero-order valence-electron chi connectivity index (χ0n) is 16.6. The van der Waals surface area contributed by atoms with E-state index < -0.39 is 0 Å². The van der Waals surface area contributed by atoms with Crippen LogP contribution in [0.25, 0.3) is 5.57 Å². The molecule has 0 saturated heterocycles. The van der Waals surface area contributed by atoms with Gasteiger partial charge in [-0.05, 0) is 24.1 Å². The van der Waals surface area contributed by atoms with Gasteiger partial charge in [-0.25, -0.2) is 0 Å². The van der Waals surface area contributed by atoms with Gasteiger partial charge in [0.05, 0.1) is 17.1 Å². The van der Waals surface area contributed by atoms with Crippen LogP contribution >= 0.6 is 23.4 Å². The second-order valence-corrected chi connectivity index (χ2v) is 8.56. The highest BCUT2D eigenvalue weighted by Gasteiger charge is 2.38. The maximum atomic E-state index is 13.0. The Morgan fingerprint density at radius 3 is 2.14 bits per heavy atom. The Morgan fingerprint density at radius 1 is 0.929 bits per heavy atom. The SMILES string of the molecule is CCCCCCCCCCN1C(=O)C(SCCO)=C(c2ccc(Cl)cc2)C1=O. The lowest BCUT2D eigenvalue weighted by Gasteiger charge is -2.15. The van der Waals surface area contributed by atoms with Crippen LogP contribution < -0.4 is 0 Å². The summed E-state index contributed by atoms with van der Waals surface area (Å²) in [5.41, 5.74) is 1.13. The van der Waals surface area contributed by atoms with Gasteiger partial charge in [-0.3, -0.25) is 14.5 Å². The van der Waals surface area contributed by atoms with E-state index in [0.29, 0.717) is 33.4 Å². The molecule has 28 heavy (non-hydrogen) atoms. The van der Waals surface area contributed by atoms with Crippen LogP contribution in [0.4, 0.5) is 0 Å². The van der Waals surface area contributed by atoms with Crippen molar-refractivity contribution in [1.82, 2.24) is 4.90 Å². The van der Waals surface area contributed by atoms with Gasteiger partial charge in [0.15, 0.2) is 0 Å². The van der Waals surface area contributed by atoms with Crippen molar-refractivity contribution in [2.75, 3.05) is 18.9 Å². The molecule has 0 saturated carbocycles. The molecule has 1 aromatic rings. The molecular weight excluding hydrogens is 394 g/mol. The van der Waals surface area contributed by atoms with Gasteiger partial charge in [0.2, 0.25) is 0 Å². The molecule has 1 aliphatic rings. The van der Waals surface area contributed by atoms with Gasteiger partial charge in [0.1, 0.15) is 0 Å². The van der Waals surface area contributed by atoms with Crippen molar-refractivity contribution in [3.8, 4) is 0 Å². The summed E-state index contributed by atoms with van der Waals surface area (Å²) in [4.78, 5) is 27.6. The van der Waals surface area contributed by atoms with E-state index >= 15 is 0 Å². The van der Waals surface area contributed by atoms with Crippen molar-refractivity contribution in [1.29, 1.82) is 0 Å². The molecule has 4 nitrogen and oxygen atoms in total. The highest BCUT2D eigenvalue weighted by atomic mass is 35.5. The molecule has 0 fully saturated rings. The van der Waals surface area contributed by atoms with Crippen molar-refractivity contribution in [2.24, 2.45) is 0 Å². The van der Waals surface area contributed by atoms with Gasteiger partial charge in [-0.2, -0.15) is 0 Å². The minimum absolute atomic E-state index is 0.0401. The van der Waals surface area contributed by atoms with Crippen molar-refractivity contribution < 1.29 is 14.7 Å². The minimum atomic E-state index is -0.240. The summed E-state index contributed by atoms with van der Waals surface area (Å²) < 4.78 is 0. The molecule has 1 heterocycles. The first kappa shape index (κ1) is 23.0. The third kappa shape index (κ3) is 6.36. The number of hydrogen-bond donors (Lipinski definition) is 1. The number of carbonyl (C=O) groups is 2. The van der Waals surface area contributed by atoms with Gasteiger partial charge >= 0.3 is 0 Å². The molecule has 1 N–H and O–H groups in total. The molecule has 6 heteroatoms. The first-order chi connectivity index (χ1) is 13.6. The average molecular weight is 424 g/mol. The molecule has 2 rings (SSSR count). The summed E-state index contributed by atoms with van der Waals surface area (Å²) in [7, 11) is 0. The number of nitrogens with zero attached hydrogens (tertiary/aromatic N) is 1. The van der Waals surface area contributed by atoms with E-state index in [-0.39, 0.29) is 18.4 Å². The summed E-state index contributed by atoms with van der Waals surface area (Å²) in [6.45, 7) is 2.62. The highest BCUT2D eigenvalue weighted by Crippen LogP contribution is 2.36. The van der Waals surface area contributed by atoms with Crippen molar-refractivity contribution in [2.45, 2.75) is 58.3 Å². The number of benzene rings is 1. The molecule has 1 aliphatic heterocycles. The van der Waals surface area contributed by atoms with Crippen LogP contribution in [-0.2, 0) is 9.59 Å². The summed E-state index contributed by atoms with van der Waals surface area (Å²) >= 11 is 7.20. The van der Waals surface area contributed by atoms with Crippen LogP contribution in [0.1, 0.15) is 63.9 Å². The monoisotopic (exact) mass is 423 g/mol. The maximum absolute atomic E-state index is 13.0. The van der Waals surface area contributed by atoms with Crippen LogP contribution in [0.5, 0.6) is 0 Å². The van der Waals surface area contributed by atoms with Gasteiger partial charge in [-0.15, -0.1) is 11.8 Å². The fraction of sp³-hybridized carbons (Fsp3) is 0.545. The molecule has 154 valence electrons. The Morgan fingerprint density at radius 2 is 1.54 bits per heavy atom. The van der Waals surface area contributed by atoms with E-state index in [1.807, 2.05) is 0 Å². The molecule has 0 atom stereocenters. The summed E-state index contributed by atoms with van der Waals surface area (Å²) in [5.74, 6) is -0.0936. The van der Waals surface area contributed by atoms with Crippen LogP contribution in [0.2, 0.25) is 5.02 Å². The lowest BCUT2D eigenvalue weighted by molar-refractivity contribution is -0.136. The number of carbonyl (C=O) groups excluding carboxylic acids is 2. The van der Waals surface area contributed by atoms with Gasteiger partial charge < -0.3 is 5.11 Å². The third-order valence-corrected chi connectivity index (χ3v) is 6.14. The second kappa shape index (κ2) is 12.3. The molecule has 0 aliphatic carbocycles. The summed E-state index contributed by atoms with van der Waals surface area (Å²) in [6.07, 6.45) is 9.31. The average Bonchev–Trinajstić information content (AvgIpc) is 2.93. The quantitative estimate of drug-likeness (QED) is 0.346. The Kier molecular flexibility index (Phi) is 10.1. The number of aliphatic hydroxyl groups is 1. The van der Waals surface area contributed by atoms with E-state index in [4.69, 9.17) is 16.7 Å². The van der Waals surface area contributed by atoms with Crippen molar-refractivity contribution >= 4 is 40.8 Å². The topological polar surface area (TPSA) is 57.6 Å². The molecule has 1 aromatic carbocycles. The number of thioether (sulfide) groups is 1. The normalized spacial score (nSPS) is 14.5. The lowest BCUT2D eigenvalue weighted by Crippen LogP contribution is -2.32. The number of hydrogen-bond acceptors (Lipinski definition) is 4. The molecule has 0 radical (unpaired) electrons. The summed E-state index contributed by atoms with van der Waals surface area (Å²) in [5, 5.41) is 9.73. The maximum Gasteiger partial charge on any atom is 0.267 e. The Bertz CT molecular complexity index is 688. The van der Waals surface area contributed by atoms with Gasteiger partial charge in [0.25, 0.3) is 11.8 Å². The molecule has 0 spiro atoms. The first-order valence-electron chi connectivity index (χ1n) is 10.2. The van der Waals surface area contributed by atoms with Crippen molar-refractivity contribution in [3.05, 3.63) is 39.8 Å². The van der Waals surface area contributed by atoms with Crippen LogP contribution in [0.3, 0.4) is 0 Å². The summed E-state index contributed by atoms with van der Waals surface area (Å²) in [6, 6.07) is 6.97. The molecule has 2 amide bonds. The molecule has 0 aromatic heterocycles. The highest BCUT2D eigenvalue weighted by molar-refractivity contribution is 8.04. The standard InChI is InChI=1S/C22H30ClNO3S/c1-2-3-4-5-6-7-8-9-14-24-21(26)19(17-10-12-18(23)13-11-17)20(22(24)27)28-16-15-25/h10-13,25H,2-9,14-16H2,1H3. The Labute approximate surface area is 177 Å². The molecular formula is C22H30ClNO3S. The number of halogens is 1. The Balaban J connectivity index is 1.96. The van der Waals surface area contributed by atoms with E-state index in [1.54, 1.807) is 24.3 Å². The first-order valence-corrected chi connectivity index (χ1v) is 11.6. The number of unbranched alkanes of at least 4 members (excludes halogenated alkanes) is 7. The number of imide groups is 1. The van der Waals surface area contributed by atoms with Crippen LogP contribution in [-0.4, -0.2) is 40.7 Å². The van der Waals surface area contributed by atoms with E-state index in [0.717, 1.165) is 19.3 Å². The zero-order chi connectivity index (χ0) is 20.4. The molecule has 0 unspecified atom stereocenters. The van der Waals surface area contributed by atoms with E-state index in [9.17, 15) is 9.59 Å². The fourth-order valence-corrected chi connectivity index (χ4v) is 4.32. The minimum Gasteiger partial charge on any atom is -0.396 e. The van der Waals surface area contributed by atoms with Gasteiger partial charge in [-0.1, -0.05) is 75.6 Å². The number of rotatable bonds is 13. The van der Waals surface area contributed by atoms with Gasteiger partial charge in [0, 0.05) is 17.3 Å². The van der Waals surface area contributed by atoms with E-state index in [2.05, 4.69) is 6.92 Å². The Hall–Kier alpha value is -1.30. The largest absolute Gasteiger partial charge is 0.396 e.